The third kappa shape index (κ3) is 2.99. The Morgan fingerprint density at radius 2 is 2.12 bits per heavy atom. The van der Waals surface area contributed by atoms with Crippen molar-refractivity contribution in [1.29, 1.82) is 0 Å². The van der Waals surface area contributed by atoms with Crippen LogP contribution >= 0.6 is 0 Å². The predicted molar refractivity (Wildman–Crippen MR) is 59.6 cm³/mol. The molecule has 0 radical (unpaired) electrons. The molecule has 1 atom stereocenters. The fourth-order valence-corrected chi connectivity index (χ4v) is 1.33. The van der Waals surface area contributed by atoms with Gasteiger partial charge in [-0.2, -0.15) is 0 Å². The van der Waals surface area contributed by atoms with Gasteiger partial charge in [0.25, 0.3) is 0 Å². The molecule has 1 unspecified atom stereocenters. The maximum atomic E-state index is 11.8. The van der Waals surface area contributed by atoms with E-state index < -0.39 is 11.4 Å². The number of carboxylic acids is 1. The molecule has 4 heteroatoms. The van der Waals surface area contributed by atoms with Crippen LogP contribution in [0.4, 0.5) is 0 Å². The van der Waals surface area contributed by atoms with Crippen LogP contribution in [0.5, 0.6) is 0 Å². The Morgan fingerprint density at radius 3 is 2.56 bits per heavy atom. The molecule has 0 saturated heterocycles. The van der Waals surface area contributed by atoms with Gasteiger partial charge in [0.15, 0.2) is 0 Å². The molecule has 1 saturated carbocycles. The molecule has 0 bridgehead atoms. The number of amides is 1. The van der Waals surface area contributed by atoms with Crippen LogP contribution in [0.3, 0.4) is 0 Å². The first-order valence-electron chi connectivity index (χ1n) is 5.44. The molecule has 16 heavy (non-hydrogen) atoms. The predicted octanol–water partition coefficient (Wildman–Crippen LogP) is 1.16. The van der Waals surface area contributed by atoms with Crippen molar-refractivity contribution in [1.82, 2.24) is 5.32 Å². The summed E-state index contributed by atoms with van der Waals surface area (Å²) in [5.41, 5.74) is -1.35. The number of carbonyl (C=O) groups is 2. The monoisotopic (exact) mass is 223 g/mol. The van der Waals surface area contributed by atoms with Crippen molar-refractivity contribution in [3.63, 3.8) is 0 Å². The number of hydrogen-bond donors (Lipinski definition) is 2. The van der Waals surface area contributed by atoms with Gasteiger partial charge in [0.1, 0.15) is 5.41 Å². The highest BCUT2D eigenvalue weighted by molar-refractivity contribution is 6.01. The average Bonchev–Trinajstić information content (AvgIpc) is 3.01. The zero-order chi connectivity index (χ0) is 12.2. The lowest BCUT2D eigenvalue weighted by molar-refractivity contribution is -0.155. The SMILES string of the molecule is CC#CCCC(C)(C(=O)O)C(=O)NC1CC1. The molecule has 0 aromatic carbocycles. The second-order valence-corrected chi connectivity index (χ2v) is 4.31. The Hall–Kier alpha value is -1.50. The largest absolute Gasteiger partial charge is 0.480 e. The second kappa shape index (κ2) is 5.02. The molecular formula is C12H17NO3. The highest BCUT2D eigenvalue weighted by Crippen LogP contribution is 2.27. The van der Waals surface area contributed by atoms with E-state index >= 15 is 0 Å². The fraction of sp³-hybridized carbons (Fsp3) is 0.667. The standard InChI is InChI=1S/C12H17NO3/c1-3-4-5-8-12(2,11(15)16)10(14)13-9-6-7-9/h9H,5-8H2,1-2H3,(H,13,14)(H,15,16). The van der Waals surface area contributed by atoms with Crippen LogP contribution in [-0.2, 0) is 9.59 Å². The Balaban J connectivity index is 2.63. The van der Waals surface area contributed by atoms with Gasteiger partial charge in [-0.15, -0.1) is 11.8 Å². The molecule has 0 spiro atoms. The van der Waals surface area contributed by atoms with E-state index in [9.17, 15) is 9.59 Å². The highest BCUT2D eigenvalue weighted by Gasteiger charge is 2.42. The molecule has 1 amide bonds. The van der Waals surface area contributed by atoms with E-state index in [4.69, 9.17) is 5.11 Å². The maximum Gasteiger partial charge on any atom is 0.318 e. The maximum absolute atomic E-state index is 11.8. The zero-order valence-electron chi connectivity index (χ0n) is 9.67. The normalized spacial score (nSPS) is 17.9. The minimum Gasteiger partial charge on any atom is -0.480 e. The Labute approximate surface area is 95.4 Å². The topological polar surface area (TPSA) is 66.4 Å². The fourth-order valence-electron chi connectivity index (χ4n) is 1.33. The minimum atomic E-state index is -1.35. The van der Waals surface area contributed by atoms with E-state index in [-0.39, 0.29) is 18.4 Å². The molecule has 1 aliphatic rings. The average molecular weight is 223 g/mol. The summed E-state index contributed by atoms with van der Waals surface area (Å²) in [6.45, 7) is 3.16. The number of carboxylic acid groups (broad SMARTS) is 1. The van der Waals surface area contributed by atoms with Crippen molar-refractivity contribution in [3.8, 4) is 11.8 Å². The smallest absolute Gasteiger partial charge is 0.318 e. The number of carbonyl (C=O) groups excluding carboxylic acids is 1. The van der Waals surface area contributed by atoms with Gasteiger partial charge in [0, 0.05) is 12.5 Å². The van der Waals surface area contributed by atoms with Gasteiger partial charge in [-0.25, -0.2) is 0 Å². The third-order valence-electron chi connectivity index (χ3n) is 2.81. The second-order valence-electron chi connectivity index (χ2n) is 4.31. The summed E-state index contributed by atoms with van der Waals surface area (Å²) in [6.07, 6.45) is 2.59. The van der Waals surface area contributed by atoms with Gasteiger partial charge in [-0.05, 0) is 33.1 Å². The van der Waals surface area contributed by atoms with Crippen molar-refractivity contribution in [3.05, 3.63) is 0 Å². The van der Waals surface area contributed by atoms with E-state index in [0.717, 1.165) is 12.8 Å². The summed E-state index contributed by atoms with van der Waals surface area (Å²) in [4.78, 5) is 23.0. The van der Waals surface area contributed by atoms with Crippen molar-refractivity contribution in [2.24, 2.45) is 5.41 Å². The summed E-state index contributed by atoms with van der Waals surface area (Å²) >= 11 is 0. The molecule has 1 aliphatic carbocycles. The highest BCUT2D eigenvalue weighted by atomic mass is 16.4. The molecule has 1 fully saturated rings. The summed E-state index contributed by atoms with van der Waals surface area (Å²) in [5.74, 6) is 4.02. The first-order chi connectivity index (χ1) is 7.50. The van der Waals surface area contributed by atoms with E-state index in [1.54, 1.807) is 6.92 Å². The van der Waals surface area contributed by atoms with E-state index in [1.165, 1.54) is 6.92 Å². The Bertz CT molecular complexity index is 349. The van der Waals surface area contributed by atoms with Gasteiger partial charge in [-0.1, -0.05) is 0 Å². The van der Waals surface area contributed by atoms with Gasteiger partial charge in [-0.3, -0.25) is 9.59 Å². The minimum absolute atomic E-state index is 0.184. The first-order valence-corrected chi connectivity index (χ1v) is 5.44. The number of nitrogens with one attached hydrogen (secondary N) is 1. The summed E-state index contributed by atoms with van der Waals surface area (Å²) < 4.78 is 0. The summed E-state index contributed by atoms with van der Waals surface area (Å²) in [5, 5.41) is 11.9. The molecule has 0 heterocycles. The van der Waals surface area contributed by atoms with Crippen molar-refractivity contribution < 1.29 is 14.7 Å². The van der Waals surface area contributed by atoms with Gasteiger partial charge < -0.3 is 10.4 Å². The zero-order valence-corrected chi connectivity index (χ0v) is 9.67. The molecular weight excluding hydrogens is 206 g/mol. The lowest BCUT2D eigenvalue weighted by Gasteiger charge is -2.22. The number of aliphatic carboxylic acids is 1. The molecule has 1 rings (SSSR count). The molecule has 2 N–H and O–H groups in total. The Morgan fingerprint density at radius 1 is 1.50 bits per heavy atom. The number of hydrogen-bond acceptors (Lipinski definition) is 2. The number of rotatable bonds is 5. The van der Waals surface area contributed by atoms with E-state index in [0.29, 0.717) is 6.42 Å². The lowest BCUT2D eigenvalue weighted by atomic mass is 9.84. The van der Waals surface area contributed by atoms with Crippen molar-refractivity contribution in [2.45, 2.75) is 45.6 Å². The van der Waals surface area contributed by atoms with E-state index in [2.05, 4.69) is 17.2 Å². The quantitative estimate of drug-likeness (QED) is 0.543. The summed E-state index contributed by atoms with van der Waals surface area (Å²) in [6, 6.07) is 0.184. The molecule has 88 valence electrons. The Kier molecular flexibility index (Phi) is 3.94. The van der Waals surface area contributed by atoms with E-state index in [1.807, 2.05) is 0 Å². The third-order valence-corrected chi connectivity index (χ3v) is 2.81. The van der Waals surface area contributed by atoms with Gasteiger partial charge in [0.2, 0.25) is 5.91 Å². The van der Waals surface area contributed by atoms with Crippen LogP contribution < -0.4 is 5.32 Å². The molecule has 0 aromatic rings. The molecule has 0 aliphatic heterocycles. The van der Waals surface area contributed by atoms with Crippen LogP contribution in [0.25, 0.3) is 0 Å². The van der Waals surface area contributed by atoms with Crippen molar-refractivity contribution in [2.75, 3.05) is 0 Å². The van der Waals surface area contributed by atoms with Crippen LogP contribution in [0.2, 0.25) is 0 Å². The van der Waals surface area contributed by atoms with Crippen LogP contribution in [-0.4, -0.2) is 23.0 Å². The van der Waals surface area contributed by atoms with Crippen LogP contribution in [0.1, 0.15) is 39.5 Å². The van der Waals surface area contributed by atoms with Crippen LogP contribution in [0, 0.1) is 17.3 Å². The molecule has 4 nitrogen and oxygen atoms in total. The van der Waals surface area contributed by atoms with Crippen molar-refractivity contribution >= 4 is 11.9 Å². The summed E-state index contributed by atoms with van der Waals surface area (Å²) in [7, 11) is 0. The lowest BCUT2D eigenvalue weighted by Crippen LogP contribution is -2.45. The first kappa shape index (κ1) is 12.6. The molecule has 0 aromatic heterocycles. The van der Waals surface area contributed by atoms with Gasteiger partial charge >= 0.3 is 5.97 Å². The van der Waals surface area contributed by atoms with Gasteiger partial charge in [0.05, 0.1) is 0 Å². The van der Waals surface area contributed by atoms with Crippen LogP contribution in [0.15, 0.2) is 0 Å².